The van der Waals surface area contributed by atoms with Crippen molar-refractivity contribution in [2.75, 3.05) is 0 Å². The SMILES string of the molecule is Cc1c(C(CC(C)(C)C)C(=O)O)c2cc(O)c(F)cc2n1C(=O)c1cccc(Cl)c1. The third-order valence-electron chi connectivity index (χ3n) is 5.06. The fraction of sp³-hybridized carbons (Fsp3) is 0.304. The van der Waals surface area contributed by atoms with E-state index in [1.165, 1.54) is 16.7 Å². The number of halogens is 2. The molecule has 158 valence electrons. The number of aromatic hydroxyl groups is 1. The van der Waals surface area contributed by atoms with E-state index in [9.17, 15) is 24.2 Å². The van der Waals surface area contributed by atoms with Gasteiger partial charge in [-0.2, -0.15) is 0 Å². The van der Waals surface area contributed by atoms with Crippen LogP contribution >= 0.6 is 11.6 Å². The lowest BCUT2D eigenvalue weighted by molar-refractivity contribution is -0.139. The highest BCUT2D eigenvalue weighted by Crippen LogP contribution is 2.40. The van der Waals surface area contributed by atoms with E-state index in [-0.39, 0.29) is 16.5 Å². The molecule has 1 unspecified atom stereocenters. The van der Waals surface area contributed by atoms with Gasteiger partial charge in [0.1, 0.15) is 0 Å². The average Bonchev–Trinajstić information content (AvgIpc) is 2.89. The van der Waals surface area contributed by atoms with Crippen LogP contribution in [0.25, 0.3) is 10.9 Å². The van der Waals surface area contributed by atoms with Crippen molar-refractivity contribution >= 4 is 34.4 Å². The number of aliphatic carboxylic acids is 1. The summed E-state index contributed by atoms with van der Waals surface area (Å²) in [5.74, 6) is -3.95. The van der Waals surface area contributed by atoms with Crippen molar-refractivity contribution in [3.63, 3.8) is 0 Å². The standard InChI is InChI=1S/C23H23ClFNO4/c1-12-20(16(22(29)30)11-23(2,3)4)15-9-19(27)17(25)10-18(15)26(12)21(28)13-6-5-7-14(24)8-13/h5-10,16,27H,11H2,1-4H3,(H,29,30). The lowest BCUT2D eigenvalue weighted by Crippen LogP contribution is -2.20. The number of carbonyl (C=O) groups excluding carboxylic acids is 1. The Hall–Kier alpha value is -2.86. The van der Waals surface area contributed by atoms with Crippen molar-refractivity contribution < 1.29 is 24.2 Å². The fourth-order valence-corrected chi connectivity index (χ4v) is 4.02. The highest BCUT2D eigenvalue weighted by atomic mass is 35.5. The lowest BCUT2D eigenvalue weighted by Gasteiger charge is -2.24. The zero-order valence-electron chi connectivity index (χ0n) is 17.2. The van der Waals surface area contributed by atoms with Crippen LogP contribution in [-0.4, -0.2) is 26.7 Å². The van der Waals surface area contributed by atoms with Crippen LogP contribution in [0.4, 0.5) is 4.39 Å². The first kappa shape index (κ1) is 21.8. The number of nitrogens with zero attached hydrogens (tertiary/aromatic N) is 1. The molecule has 0 aliphatic carbocycles. The Bertz CT molecular complexity index is 1160. The van der Waals surface area contributed by atoms with Crippen LogP contribution in [0.15, 0.2) is 36.4 Å². The van der Waals surface area contributed by atoms with E-state index < -0.39 is 29.4 Å². The number of carbonyl (C=O) groups is 2. The van der Waals surface area contributed by atoms with E-state index in [2.05, 4.69) is 0 Å². The molecule has 0 aliphatic rings. The van der Waals surface area contributed by atoms with Crippen LogP contribution in [0.3, 0.4) is 0 Å². The Morgan fingerprint density at radius 1 is 1.20 bits per heavy atom. The monoisotopic (exact) mass is 431 g/mol. The van der Waals surface area contributed by atoms with E-state index in [1.54, 1.807) is 25.1 Å². The van der Waals surface area contributed by atoms with Crippen LogP contribution in [-0.2, 0) is 4.79 Å². The van der Waals surface area contributed by atoms with E-state index in [0.717, 1.165) is 6.07 Å². The second-order valence-corrected chi connectivity index (χ2v) is 9.06. The fourth-order valence-electron chi connectivity index (χ4n) is 3.83. The Labute approximate surface area is 178 Å². The molecule has 0 spiro atoms. The van der Waals surface area contributed by atoms with Crippen molar-refractivity contribution in [3.8, 4) is 5.75 Å². The zero-order valence-corrected chi connectivity index (χ0v) is 17.9. The van der Waals surface area contributed by atoms with Gasteiger partial charge in [-0.1, -0.05) is 38.4 Å². The van der Waals surface area contributed by atoms with Crippen LogP contribution in [0.2, 0.25) is 5.02 Å². The minimum atomic E-state index is -1.05. The van der Waals surface area contributed by atoms with Gasteiger partial charge in [0.25, 0.3) is 5.91 Å². The third kappa shape index (κ3) is 4.05. The van der Waals surface area contributed by atoms with Crippen LogP contribution in [0, 0.1) is 18.2 Å². The van der Waals surface area contributed by atoms with Gasteiger partial charge in [0, 0.05) is 27.7 Å². The quantitative estimate of drug-likeness (QED) is 0.552. The highest BCUT2D eigenvalue weighted by molar-refractivity contribution is 6.31. The van der Waals surface area contributed by atoms with E-state index in [1.807, 2.05) is 20.8 Å². The number of hydrogen-bond acceptors (Lipinski definition) is 3. The number of benzene rings is 2. The Morgan fingerprint density at radius 3 is 2.43 bits per heavy atom. The molecular formula is C23H23ClFNO4. The Balaban J connectivity index is 2.34. The van der Waals surface area contributed by atoms with Crippen molar-refractivity contribution in [1.29, 1.82) is 0 Å². The molecule has 3 aromatic rings. The molecule has 1 heterocycles. The summed E-state index contributed by atoms with van der Waals surface area (Å²) in [4.78, 5) is 25.5. The van der Waals surface area contributed by atoms with E-state index in [0.29, 0.717) is 28.1 Å². The third-order valence-corrected chi connectivity index (χ3v) is 5.29. The van der Waals surface area contributed by atoms with Crippen molar-refractivity contribution in [2.45, 2.75) is 40.0 Å². The second-order valence-electron chi connectivity index (χ2n) is 8.63. The molecule has 0 amide bonds. The molecule has 0 fully saturated rings. The first-order chi connectivity index (χ1) is 13.9. The maximum Gasteiger partial charge on any atom is 0.311 e. The molecule has 30 heavy (non-hydrogen) atoms. The van der Waals surface area contributed by atoms with Gasteiger partial charge in [-0.3, -0.25) is 14.2 Å². The van der Waals surface area contributed by atoms with Crippen molar-refractivity contribution in [1.82, 2.24) is 4.57 Å². The number of carboxylic acid groups (broad SMARTS) is 1. The first-order valence-corrected chi connectivity index (χ1v) is 9.85. The summed E-state index contributed by atoms with van der Waals surface area (Å²) in [6.07, 6.45) is 0.297. The molecule has 7 heteroatoms. The largest absolute Gasteiger partial charge is 0.505 e. The van der Waals surface area contributed by atoms with Crippen molar-refractivity contribution in [2.24, 2.45) is 5.41 Å². The van der Waals surface area contributed by atoms with Gasteiger partial charge in [0.15, 0.2) is 11.6 Å². The number of carboxylic acids is 1. The summed E-state index contributed by atoms with van der Waals surface area (Å²) in [6.45, 7) is 7.40. The molecule has 2 N–H and O–H groups in total. The predicted molar refractivity (Wildman–Crippen MR) is 114 cm³/mol. The molecule has 3 rings (SSSR count). The molecule has 1 aromatic heterocycles. The number of hydrogen-bond donors (Lipinski definition) is 2. The first-order valence-electron chi connectivity index (χ1n) is 9.47. The summed E-state index contributed by atoms with van der Waals surface area (Å²) < 4.78 is 15.5. The molecule has 0 aliphatic heterocycles. The summed E-state index contributed by atoms with van der Waals surface area (Å²) in [5.41, 5.74) is 0.936. The maximum atomic E-state index is 14.2. The molecule has 2 aromatic carbocycles. The molecular weight excluding hydrogens is 409 g/mol. The summed E-state index contributed by atoms with van der Waals surface area (Å²) >= 11 is 6.02. The molecule has 0 radical (unpaired) electrons. The normalized spacial score (nSPS) is 12.9. The van der Waals surface area contributed by atoms with E-state index in [4.69, 9.17) is 11.6 Å². The second kappa shape index (κ2) is 7.76. The number of rotatable bonds is 4. The molecule has 0 saturated heterocycles. The zero-order chi connectivity index (χ0) is 22.4. The van der Waals surface area contributed by atoms with Crippen LogP contribution < -0.4 is 0 Å². The number of phenolic OH excluding ortho intramolecular Hbond substituents is 1. The summed E-state index contributed by atoms with van der Waals surface area (Å²) in [7, 11) is 0. The Morgan fingerprint density at radius 2 is 1.87 bits per heavy atom. The highest BCUT2D eigenvalue weighted by Gasteiger charge is 2.33. The molecule has 1 atom stereocenters. The van der Waals surface area contributed by atoms with Crippen LogP contribution in [0.5, 0.6) is 5.75 Å². The van der Waals surface area contributed by atoms with Gasteiger partial charge < -0.3 is 10.2 Å². The van der Waals surface area contributed by atoms with Gasteiger partial charge >= 0.3 is 5.97 Å². The average molecular weight is 432 g/mol. The topological polar surface area (TPSA) is 79.5 Å². The molecule has 0 bridgehead atoms. The molecule has 0 saturated carbocycles. The van der Waals surface area contributed by atoms with Crippen LogP contribution in [0.1, 0.15) is 54.7 Å². The maximum absolute atomic E-state index is 14.2. The van der Waals surface area contributed by atoms with Gasteiger partial charge in [-0.25, -0.2) is 4.39 Å². The predicted octanol–water partition coefficient (Wildman–Crippen LogP) is 5.74. The van der Waals surface area contributed by atoms with Gasteiger partial charge in [0.2, 0.25) is 0 Å². The van der Waals surface area contributed by atoms with Crippen molar-refractivity contribution in [3.05, 3.63) is 64.1 Å². The smallest absolute Gasteiger partial charge is 0.311 e. The summed E-state index contributed by atoms with van der Waals surface area (Å²) in [6, 6.07) is 8.58. The van der Waals surface area contributed by atoms with Gasteiger partial charge in [-0.05, 0) is 48.6 Å². The van der Waals surface area contributed by atoms with Gasteiger partial charge in [-0.15, -0.1) is 0 Å². The summed E-state index contributed by atoms with van der Waals surface area (Å²) in [5, 5.41) is 20.6. The number of fused-ring (bicyclic) bond motifs is 1. The lowest BCUT2D eigenvalue weighted by atomic mass is 9.80. The number of aromatic nitrogens is 1. The Kier molecular flexibility index (Phi) is 5.65. The van der Waals surface area contributed by atoms with E-state index >= 15 is 0 Å². The van der Waals surface area contributed by atoms with Gasteiger partial charge in [0.05, 0.1) is 11.4 Å². The minimum absolute atomic E-state index is 0.197. The number of phenols is 1. The molecule has 5 nitrogen and oxygen atoms in total. The minimum Gasteiger partial charge on any atom is -0.505 e.